The number of pyridine rings is 1. The van der Waals surface area contributed by atoms with Crippen LogP contribution in [0, 0.1) is 13.8 Å². The first-order chi connectivity index (χ1) is 17.1. The van der Waals surface area contributed by atoms with Gasteiger partial charge in [-0.2, -0.15) is 0 Å². The topological polar surface area (TPSA) is 180 Å². The van der Waals surface area contributed by atoms with Crippen LogP contribution in [-0.4, -0.2) is 63.4 Å². The Kier molecular flexibility index (Phi) is 7.42. The molecule has 0 aliphatic carbocycles. The zero-order valence-electron chi connectivity index (χ0n) is 19.5. The number of fused-ring (bicyclic) bond motifs is 1. The minimum Gasteiger partial charge on any atom is -0.543 e. The molecule has 1 fully saturated rings. The molecule has 0 bridgehead atoms. The first-order valence-electron chi connectivity index (χ1n) is 10.5. The quantitative estimate of drug-likeness (QED) is 0.0912. The Morgan fingerprint density at radius 1 is 1.39 bits per heavy atom. The number of nitrogens with two attached hydrogens (primary N) is 2. The second kappa shape index (κ2) is 10.4. The number of hydrogen-bond acceptors (Lipinski definition) is 12. The standard InChI is InChI=1S/C21H23N7O5S3/c1-9-4-12(5-10(2)28(9)23)34-6-11-7-35-19-15(18(30)27(19)16(11)20(31)32)25-17(29)14(26-33-3)13-8-36-21(22)24-13/h4-5,8,15,19H,6-7,23H2,1-3H3,(H3-,22,24,25,29,31,32)/b26-14-/t15-,19-/m1/s1. The molecule has 2 aromatic heterocycles. The van der Waals surface area contributed by atoms with Crippen LogP contribution >= 0.6 is 34.9 Å². The number of thioether (sulfide) groups is 2. The number of amides is 2. The summed E-state index contributed by atoms with van der Waals surface area (Å²) in [5, 5.41) is 19.5. The second-order valence-electron chi connectivity index (χ2n) is 7.93. The molecule has 1 saturated heterocycles. The normalized spacial score (nSPS) is 19.6. The predicted octanol–water partition coefficient (Wildman–Crippen LogP) is -1.11. The van der Waals surface area contributed by atoms with E-state index in [2.05, 4.69) is 15.5 Å². The molecule has 4 heterocycles. The number of aryl methyl sites for hydroxylation is 2. The second-order valence-corrected chi connectivity index (χ2v) is 11.0. The van der Waals surface area contributed by atoms with E-state index in [1.807, 2.05) is 26.0 Å². The van der Waals surface area contributed by atoms with Gasteiger partial charge >= 0.3 is 0 Å². The fourth-order valence-corrected chi connectivity index (χ4v) is 6.92. The highest BCUT2D eigenvalue weighted by Crippen LogP contribution is 2.41. The van der Waals surface area contributed by atoms with Crippen molar-refractivity contribution in [3.05, 3.63) is 45.9 Å². The molecule has 4 rings (SSSR count). The number of carboxylic acid groups (broad SMARTS) is 1. The maximum Gasteiger partial charge on any atom is 0.276 e. The van der Waals surface area contributed by atoms with E-state index < -0.39 is 29.2 Å². The van der Waals surface area contributed by atoms with Crippen molar-refractivity contribution in [1.29, 1.82) is 0 Å². The van der Waals surface area contributed by atoms with E-state index in [9.17, 15) is 19.5 Å². The molecule has 0 saturated carbocycles. The number of nitrogens with one attached hydrogen (secondary N) is 1. The number of carbonyl (C=O) groups excluding carboxylic acids is 3. The lowest BCUT2D eigenvalue weighted by atomic mass is 10.0. The van der Waals surface area contributed by atoms with E-state index in [4.69, 9.17) is 16.4 Å². The van der Waals surface area contributed by atoms with Gasteiger partial charge in [-0.05, 0) is 5.57 Å². The fourth-order valence-electron chi connectivity index (χ4n) is 3.81. The number of β-lactam (4-membered cyclic amide) rings is 1. The molecule has 2 atom stereocenters. The molecule has 0 radical (unpaired) electrons. The van der Waals surface area contributed by atoms with Crippen LogP contribution in [0.2, 0.25) is 0 Å². The molecular formula is C21H23N7O5S3. The molecule has 0 spiro atoms. The van der Waals surface area contributed by atoms with Crippen LogP contribution in [0.1, 0.15) is 17.1 Å². The van der Waals surface area contributed by atoms with Crippen LogP contribution in [0.15, 0.2) is 38.8 Å². The van der Waals surface area contributed by atoms with Gasteiger partial charge in [0, 0.05) is 47.8 Å². The van der Waals surface area contributed by atoms with Crippen LogP contribution < -0.4 is 26.7 Å². The van der Waals surface area contributed by atoms with E-state index in [-0.39, 0.29) is 22.2 Å². The van der Waals surface area contributed by atoms with Crippen molar-refractivity contribution < 1.29 is 29.0 Å². The molecular weight excluding hydrogens is 526 g/mol. The number of anilines is 1. The lowest BCUT2D eigenvalue weighted by Gasteiger charge is -2.50. The van der Waals surface area contributed by atoms with Crippen LogP contribution in [0.3, 0.4) is 0 Å². The summed E-state index contributed by atoms with van der Waals surface area (Å²) in [5.74, 6) is 3.98. The maximum atomic E-state index is 13.0. The Hall–Kier alpha value is -3.30. The summed E-state index contributed by atoms with van der Waals surface area (Å²) >= 11 is 3.94. The number of thiazole rings is 1. The summed E-state index contributed by atoms with van der Waals surface area (Å²) < 4.78 is 1.57. The van der Waals surface area contributed by atoms with Gasteiger partial charge in [-0.1, -0.05) is 9.83 Å². The summed E-state index contributed by atoms with van der Waals surface area (Å²) in [4.78, 5) is 48.7. The Balaban J connectivity index is 1.50. The highest BCUT2D eigenvalue weighted by molar-refractivity contribution is 8.01. The zero-order chi connectivity index (χ0) is 26.1. The van der Waals surface area contributed by atoms with E-state index in [1.54, 1.807) is 10.1 Å². The third kappa shape index (κ3) is 4.85. The van der Waals surface area contributed by atoms with Gasteiger partial charge in [0.25, 0.3) is 11.8 Å². The molecule has 2 amide bonds. The van der Waals surface area contributed by atoms with Gasteiger partial charge in [0.2, 0.25) is 11.4 Å². The van der Waals surface area contributed by atoms with Gasteiger partial charge in [-0.15, -0.1) is 34.9 Å². The molecule has 2 aliphatic rings. The average Bonchev–Trinajstić information content (AvgIpc) is 3.27. The molecule has 2 aliphatic heterocycles. The lowest BCUT2D eigenvalue weighted by molar-refractivity contribution is -0.652. The highest BCUT2D eigenvalue weighted by Gasteiger charge is 2.53. The summed E-state index contributed by atoms with van der Waals surface area (Å²) in [5.41, 5.74) is 7.84. The Labute approximate surface area is 218 Å². The SMILES string of the molecule is CO/N=C(\C(=O)N[C@@H]1C(=O)N2C(C(=O)[O-])=C(CSc3cc(C)[n+](N)c(C)c3)CS[C@H]12)c1csc(N)n1. The van der Waals surface area contributed by atoms with Gasteiger partial charge in [-0.3, -0.25) is 14.5 Å². The molecule has 36 heavy (non-hydrogen) atoms. The van der Waals surface area contributed by atoms with Crippen molar-refractivity contribution in [3.8, 4) is 0 Å². The van der Waals surface area contributed by atoms with Crippen LogP contribution in [0.25, 0.3) is 0 Å². The van der Waals surface area contributed by atoms with Gasteiger partial charge in [0.1, 0.15) is 24.2 Å². The number of carboxylic acids is 1. The lowest BCUT2D eigenvalue weighted by Crippen LogP contribution is -2.71. The smallest absolute Gasteiger partial charge is 0.276 e. The third-order valence-electron chi connectivity index (χ3n) is 5.56. The minimum atomic E-state index is -1.44. The number of aromatic nitrogens is 2. The van der Waals surface area contributed by atoms with Crippen molar-refractivity contribution in [2.24, 2.45) is 5.16 Å². The largest absolute Gasteiger partial charge is 0.543 e. The van der Waals surface area contributed by atoms with Crippen LogP contribution in [0.4, 0.5) is 5.13 Å². The van der Waals surface area contributed by atoms with Gasteiger partial charge in [0.15, 0.2) is 10.8 Å². The van der Waals surface area contributed by atoms with Gasteiger partial charge in [-0.25, -0.2) is 10.8 Å². The number of nitrogen functional groups attached to an aromatic ring is 2. The van der Waals surface area contributed by atoms with Gasteiger partial charge in [0.05, 0.1) is 11.7 Å². The molecule has 5 N–H and O–H groups in total. The Bertz CT molecular complexity index is 1290. The summed E-state index contributed by atoms with van der Waals surface area (Å²) in [7, 11) is 1.28. The third-order valence-corrected chi connectivity index (χ3v) is 8.64. The zero-order valence-corrected chi connectivity index (χ0v) is 22.0. The van der Waals surface area contributed by atoms with E-state index >= 15 is 0 Å². The number of oxime groups is 1. The highest BCUT2D eigenvalue weighted by atomic mass is 32.2. The van der Waals surface area contributed by atoms with Crippen LogP contribution in [0.5, 0.6) is 0 Å². The maximum absolute atomic E-state index is 13.0. The predicted molar refractivity (Wildman–Crippen MR) is 134 cm³/mol. The van der Waals surface area contributed by atoms with Crippen molar-refractivity contribution in [2.75, 3.05) is 30.2 Å². The molecule has 190 valence electrons. The molecule has 2 aromatic rings. The molecule has 15 heteroatoms. The number of carbonyl (C=O) groups is 3. The monoisotopic (exact) mass is 549 g/mol. The van der Waals surface area contributed by atoms with E-state index in [0.717, 1.165) is 27.6 Å². The minimum absolute atomic E-state index is 0.141. The molecule has 0 unspecified atom stereocenters. The Morgan fingerprint density at radius 3 is 2.67 bits per heavy atom. The summed E-state index contributed by atoms with van der Waals surface area (Å²) in [6.07, 6.45) is 0. The van der Waals surface area contributed by atoms with Gasteiger partial charge < -0.3 is 25.8 Å². The van der Waals surface area contributed by atoms with Crippen molar-refractivity contribution >= 4 is 63.5 Å². The van der Waals surface area contributed by atoms with E-state index in [1.165, 1.54) is 35.5 Å². The van der Waals surface area contributed by atoms with Crippen molar-refractivity contribution in [1.82, 2.24) is 15.2 Å². The summed E-state index contributed by atoms with van der Waals surface area (Å²) in [6.45, 7) is 3.76. The molecule has 0 aromatic carbocycles. The van der Waals surface area contributed by atoms with Crippen LogP contribution in [-0.2, 0) is 19.2 Å². The van der Waals surface area contributed by atoms with E-state index in [0.29, 0.717) is 17.1 Å². The number of hydrogen-bond donors (Lipinski definition) is 3. The first-order valence-corrected chi connectivity index (χ1v) is 13.5. The first kappa shape index (κ1) is 25.8. The Morgan fingerprint density at radius 2 is 2.08 bits per heavy atom. The molecule has 12 nitrogen and oxygen atoms in total. The fraction of sp³-hybridized carbons (Fsp3) is 0.333. The number of aliphatic carboxylic acids is 1. The number of rotatable bonds is 8. The summed E-state index contributed by atoms with van der Waals surface area (Å²) in [6, 6.07) is 2.87. The van der Waals surface area contributed by atoms with Crippen molar-refractivity contribution in [2.45, 2.75) is 30.2 Å². The average molecular weight is 550 g/mol. The van der Waals surface area contributed by atoms with Crippen molar-refractivity contribution in [3.63, 3.8) is 0 Å². The number of nitrogens with zero attached hydrogens (tertiary/aromatic N) is 4.